The number of aryl methyl sites for hydroxylation is 1. The summed E-state index contributed by atoms with van der Waals surface area (Å²) in [6.07, 6.45) is -1.16. The fourth-order valence-electron chi connectivity index (χ4n) is 2.60. The second-order valence-electron chi connectivity index (χ2n) is 6.09. The van der Waals surface area contributed by atoms with E-state index in [9.17, 15) is 18.0 Å². The van der Waals surface area contributed by atoms with Crippen LogP contribution in [0.2, 0.25) is 5.02 Å². The van der Waals surface area contributed by atoms with E-state index in [0.29, 0.717) is 4.31 Å². The highest BCUT2D eigenvalue weighted by Crippen LogP contribution is 2.37. The minimum atomic E-state index is -4.38. The van der Waals surface area contributed by atoms with E-state index >= 15 is 0 Å². The molecule has 8 heteroatoms. The highest BCUT2D eigenvalue weighted by molar-refractivity contribution is 7.89. The van der Waals surface area contributed by atoms with E-state index in [2.05, 4.69) is 6.58 Å². The summed E-state index contributed by atoms with van der Waals surface area (Å²) in [5.41, 5.74) is 0.971. The number of methoxy groups -OCH3 is 1. The Morgan fingerprint density at radius 2 is 1.68 bits per heavy atom. The van der Waals surface area contributed by atoms with Crippen molar-refractivity contribution in [1.82, 2.24) is 4.31 Å². The molecule has 2 aromatic carbocycles. The van der Waals surface area contributed by atoms with Crippen LogP contribution >= 0.6 is 11.6 Å². The van der Waals surface area contributed by atoms with E-state index in [1.807, 2.05) is 0 Å². The minimum absolute atomic E-state index is 0.116. The number of carbonyl (C=O) groups is 2. The molecular weight excluding hydrogens is 402 g/mol. The van der Waals surface area contributed by atoms with Gasteiger partial charge >= 0.3 is 6.09 Å². The van der Waals surface area contributed by atoms with E-state index < -0.39 is 27.9 Å². The van der Waals surface area contributed by atoms with Crippen LogP contribution in [0.5, 0.6) is 0 Å². The maximum absolute atomic E-state index is 13.3. The molecule has 0 saturated carbocycles. The van der Waals surface area contributed by atoms with Crippen molar-refractivity contribution < 1.29 is 22.7 Å². The van der Waals surface area contributed by atoms with Gasteiger partial charge in [-0.3, -0.25) is 4.79 Å². The van der Waals surface area contributed by atoms with Crippen LogP contribution in [-0.2, 0) is 19.6 Å². The summed E-state index contributed by atoms with van der Waals surface area (Å²) >= 11 is 6.25. The zero-order valence-electron chi connectivity index (χ0n) is 15.7. The first-order chi connectivity index (χ1) is 13.1. The summed E-state index contributed by atoms with van der Waals surface area (Å²) in [5, 5.41) is 0.183. The highest BCUT2D eigenvalue weighted by Gasteiger charge is 2.40. The molecule has 1 amide bonds. The maximum atomic E-state index is 13.3. The number of rotatable bonds is 6. The third-order valence-electron chi connectivity index (χ3n) is 4.15. The lowest BCUT2D eigenvalue weighted by atomic mass is 9.97. The van der Waals surface area contributed by atoms with Crippen molar-refractivity contribution in [2.75, 3.05) is 7.11 Å². The number of Topliss-reactive ketones (excluding diaryl/α,β-unsaturated/α-hetero) is 1. The number of halogens is 1. The molecule has 2 aromatic rings. The van der Waals surface area contributed by atoms with Gasteiger partial charge < -0.3 is 4.74 Å². The van der Waals surface area contributed by atoms with Gasteiger partial charge in [-0.25, -0.2) is 13.2 Å². The number of benzene rings is 2. The molecule has 0 aromatic heterocycles. The molecule has 28 heavy (non-hydrogen) atoms. The highest BCUT2D eigenvalue weighted by atomic mass is 35.5. The van der Waals surface area contributed by atoms with Gasteiger partial charge in [0, 0.05) is 10.6 Å². The molecule has 0 unspecified atom stereocenters. The smallest absolute Gasteiger partial charge is 0.424 e. The predicted molar refractivity (Wildman–Crippen MR) is 107 cm³/mol. The molecule has 0 fully saturated rings. The monoisotopic (exact) mass is 421 g/mol. The molecule has 6 nitrogen and oxygen atoms in total. The van der Waals surface area contributed by atoms with Crippen LogP contribution in [0.25, 0.3) is 0 Å². The zero-order chi connectivity index (χ0) is 21.1. The second-order valence-corrected chi connectivity index (χ2v) is 8.31. The Balaban J connectivity index is 2.77. The van der Waals surface area contributed by atoms with Gasteiger partial charge in [-0.1, -0.05) is 54.1 Å². The van der Waals surface area contributed by atoms with E-state index in [0.717, 1.165) is 12.7 Å². The Morgan fingerprint density at radius 3 is 2.18 bits per heavy atom. The molecule has 148 valence electrons. The first-order valence-electron chi connectivity index (χ1n) is 8.24. The van der Waals surface area contributed by atoms with Crippen LogP contribution in [-0.4, -0.2) is 31.7 Å². The van der Waals surface area contributed by atoms with Gasteiger partial charge in [-0.05, 0) is 37.6 Å². The van der Waals surface area contributed by atoms with Crippen LogP contribution in [0.15, 0.2) is 65.6 Å². The van der Waals surface area contributed by atoms with Crippen molar-refractivity contribution in [2.24, 2.45) is 0 Å². The maximum Gasteiger partial charge on any atom is 0.424 e. The number of ether oxygens (including phenoxy) is 1. The number of sulfonamides is 1. The Labute approximate surface area is 169 Å². The molecular formula is C20H20ClNO5S. The molecule has 0 saturated heterocycles. The fraction of sp³-hybridized carbons (Fsp3) is 0.200. The summed E-state index contributed by atoms with van der Waals surface area (Å²) in [7, 11) is -3.33. The van der Waals surface area contributed by atoms with E-state index in [1.54, 1.807) is 31.2 Å². The first kappa shape index (κ1) is 21.7. The molecule has 0 radical (unpaired) electrons. The Bertz CT molecular complexity index is 1020. The normalized spacial score (nSPS) is 12.1. The first-order valence-corrected chi connectivity index (χ1v) is 10.1. The van der Waals surface area contributed by atoms with Crippen LogP contribution < -0.4 is 0 Å². The molecule has 0 aliphatic carbocycles. The number of ketones is 1. The topological polar surface area (TPSA) is 80.8 Å². The molecule has 0 aliphatic heterocycles. The Kier molecular flexibility index (Phi) is 6.64. The van der Waals surface area contributed by atoms with E-state index in [-0.39, 0.29) is 21.1 Å². The SMILES string of the molecule is C=C(C(C)=O)[C@@H](c1ccccc1Cl)N(C(=O)OC)S(=O)(=O)c1ccc(C)cc1. The number of nitrogens with zero attached hydrogens (tertiary/aromatic N) is 1. The van der Waals surface area contributed by atoms with Gasteiger partial charge in [0.15, 0.2) is 5.78 Å². The lowest BCUT2D eigenvalue weighted by Crippen LogP contribution is -2.41. The summed E-state index contributed by atoms with van der Waals surface area (Å²) in [6.45, 7) is 6.75. The van der Waals surface area contributed by atoms with Gasteiger partial charge in [0.25, 0.3) is 10.0 Å². The number of carbonyl (C=O) groups excluding carboxylic acids is 2. The average Bonchev–Trinajstić information content (AvgIpc) is 2.65. The Hall–Kier alpha value is -2.64. The van der Waals surface area contributed by atoms with Crippen molar-refractivity contribution in [3.05, 3.63) is 76.8 Å². The molecule has 0 N–H and O–H groups in total. The molecule has 0 heterocycles. The van der Waals surface area contributed by atoms with Crippen molar-refractivity contribution in [3.63, 3.8) is 0 Å². The van der Waals surface area contributed by atoms with Crippen molar-refractivity contribution in [2.45, 2.75) is 24.8 Å². The number of amides is 1. The lowest BCUT2D eigenvalue weighted by Gasteiger charge is -2.31. The van der Waals surface area contributed by atoms with Crippen LogP contribution in [0.4, 0.5) is 4.79 Å². The van der Waals surface area contributed by atoms with Crippen LogP contribution in [0.1, 0.15) is 24.1 Å². The second kappa shape index (κ2) is 8.58. The number of hydrogen-bond donors (Lipinski definition) is 0. The largest absolute Gasteiger partial charge is 0.452 e. The molecule has 0 bridgehead atoms. The van der Waals surface area contributed by atoms with E-state index in [4.69, 9.17) is 16.3 Å². The van der Waals surface area contributed by atoms with Gasteiger partial charge in [-0.2, -0.15) is 4.31 Å². The summed E-state index contributed by atoms with van der Waals surface area (Å²) in [6, 6.07) is 10.9. The quantitative estimate of drug-likeness (QED) is 0.650. The molecule has 2 rings (SSSR count). The van der Waals surface area contributed by atoms with Gasteiger partial charge in [-0.15, -0.1) is 0 Å². The van der Waals surface area contributed by atoms with Crippen LogP contribution in [0, 0.1) is 6.92 Å². The predicted octanol–water partition coefficient (Wildman–Crippen LogP) is 4.29. The number of hydrogen-bond acceptors (Lipinski definition) is 5. The molecule has 1 atom stereocenters. The fourth-order valence-corrected chi connectivity index (χ4v) is 4.34. The summed E-state index contributed by atoms with van der Waals surface area (Å²) in [5.74, 6) is -0.488. The lowest BCUT2D eigenvalue weighted by molar-refractivity contribution is -0.114. The van der Waals surface area contributed by atoms with Crippen LogP contribution in [0.3, 0.4) is 0 Å². The van der Waals surface area contributed by atoms with Crippen molar-refractivity contribution in [1.29, 1.82) is 0 Å². The Morgan fingerprint density at radius 1 is 1.11 bits per heavy atom. The summed E-state index contributed by atoms with van der Waals surface area (Å²) < 4.78 is 31.9. The van der Waals surface area contributed by atoms with Gasteiger partial charge in [0.2, 0.25) is 0 Å². The van der Waals surface area contributed by atoms with Crippen molar-refractivity contribution in [3.8, 4) is 0 Å². The van der Waals surface area contributed by atoms with Gasteiger partial charge in [0.05, 0.1) is 12.0 Å². The summed E-state index contributed by atoms with van der Waals surface area (Å²) in [4.78, 5) is 24.5. The standard InChI is InChI=1S/C20H20ClNO5S/c1-13-9-11-16(12-10-13)28(25,26)22(20(24)27-4)19(14(2)15(3)23)17-7-5-6-8-18(17)21/h5-12,19H,2H2,1,3-4H3/t19-/m0/s1. The third-order valence-corrected chi connectivity index (χ3v) is 6.24. The van der Waals surface area contributed by atoms with Crippen molar-refractivity contribution >= 4 is 33.5 Å². The third kappa shape index (κ3) is 4.26. The van der Waals surface area contributed by atoms with Gasteiger partial charge in [0.1, 0.15) is 6.04 Å². The van der Waals surface area contributed by atoms with E-state index in [1.165, 1.54) is 31.2 Å². The molecule has 0 spiro atoms. The molecule has 0 aliphatic rings. The zero-order valence-corrected chi connectivity index (χ0v) is 17.3. The minimum Gasteiger partial charge on any atom is -0.452 e. The average molecular weight is 422 g/mol.